The highest BCUT2D eigenvalue weighted by Gasteiger charge is 2.04. The zero-order chi connectivity index (χ0) is 10.7. The standard InChI is InChI=1S/C8H10ClN5S/c1-14-6(3-5-11-14)2-4-10-8-7(9)12-15-13-8/h3,5H,2,4H2,1H3,(H,10,13). The summed E-state index contributed by atoms with van der Waals surface area (Å²) >= 11 is 6.89. The number of hydrogen-bond acceptors (Lipinski definition) is 5. The van der Waals surface area contributed by atoms with E-state index < -0.39 is 0 Å². The monoisotopic (exact) mass is 243 g/mol. The Morgan fingerprint density at radius 3 is 3.00 bits per heavy atom. The molecule has 2 rings (SSSR count). The molecule has 2 aromatic rings. The Morgan fingerprint density at radius 1 is 1.53 bits per heavy atom. The number of nitrogens with zero attached hydrogens (tertiary/aromatic N) is 4. The number of anilines is 1. The van der Waals surface area contributed by atoms with E-state index in [1.54, 1.807) is 6.20 Å². The predicted molar refractivity (Wildman–Crippen MR) is 60.3 cm³/mol. The van der Waals surface area contributed by atoms with Gasteiger partial charge in [-0.05, 0) is 6.07 Å². The van der Waals surface area contributed by atoms with Crippen molar-refractivity contribution >= 4 is 29.1 Å². The average Bonchev–Trinajstić information content (AvgIpc) is 2.78. The van der Waals surface area contributed by atoms with Gasteiger partial charge < -0.3 is 5.32 Å². The molecule has 0 saturated heterocycles. The lowest BCUT2D eigenvalue weighted by atomic mass is 10.3. The molecule has 0 aromatic carbocycles. The summed E-state index contributed by atoms with van der Waals surface area (Å²) in [6.45, 7) is 0.769. The molecule has 2 heterocycles. The number of halogens is 1. The third kappa shape index (κ3) is 2.45. The van der Waals surface area contributed by atoms with Crippen molar-refractivity contribution in [1.29, 1.82) is 0 Å². The second-order valence-electron chi connectivity index (χ2n) is 3.03. The minimum atomic E-state index is 0.435. The molecule has 0 atom stereocenters. The molecule has 7 heteroatoms. The third-order valence-corrected chi connectivity index (χ3v) is 2.94. The maximum Gasteiger partial charge on any atom is 0.186 e. The zero-order valence-corrected chi connectivity index (χ0v) is 9.72. The van der Waals surface area contributed by atoms with Crippen molar-refractivity contribution in [2.75, 3.05) is 11.9 Å². The Morgan fingerprint density at radius 2 is 2.40 bits per heavy atom. The van der Waals surface area contributed by atoms with E-state index in [0.29, 0.717) is 11.0 Å². The molecular weight excluding hydrogens is 234 g/mol. The van der Waals surface area contributed by atoms with Crippen LogP contribution in [0.4, 0.5) is 5.82 Å². The van der Waals surface area contributed by atoms with E-state index in [0.717, 1.165) is 24.7 Å². The van der Waals surface area contributed by atoms with Gasteiger partial charge in [0.25, 0.3) is 0 Å². The number of aryl methyl sites for hydroxylation is 1. The number of rotatable bonds is 4. The SMILES string of the molecule is Cn1nccc1CCNc1nsnc1Cl. The van der Waals surface area contributed by atoms with Gasteiger partial charge in [-0.15, -0.1) is 0 Å². The first kappa shape index (κ1) is 10.4. The van der Waals surface area contributed by atoms with Crippen LogP contribution in [0.1, 0.15) is 5.69 Å². The Labute approximate surface area is 96.4 Å². The summed E-state index contributed by atoms with van der Waals surface area (Å²) in [5.41, 5.74) is 1.17. The van der Waals surface area contributed by atoms with Crippen LogP contribution in [0.2, 0.25) is 5.15 Å². The Bertz CT molecular complexity index is 397. The fourth-order valence-electron chi connectivity index (χ4n) is 1.24. The van der Waals surface area contributed by atoms with E-state index in [1.165, 1.54) is 5.69 Å². The third-order valence-electron chi connectivity index (χ3n) is 2.04. The molecule has 0 aliphatic heterocycles. The van der Waals surface area contributed by atoms with Crippen molar-refractivity contribution in [3.05, 3.63) is 23.1 Å². The van der Waals surface area contributed by atoms with Gasteiger partial charge in [-0.2, -0.15) is 13.8 Å². The number of nitrogens with one attached hydrogen (secondary N) is 1. The molecule has 0 spiro atoms. The quantitative estimate of drug-likeness (QED) is 0.886. The van der Waals surface area contributed by atoms with Crippen LogP contribution in [0.5, 0.6) is 0 Å². The van der Waals surface area contributed by atoms with Gasteiger partial charge >= 0.3 is 0 Å². The van der Waals surface area contributed by atoms with E-state index in [-0.39, 0.29) is 0 Å². The maximum atomic E-state index is 5.79. The lowest BCUT2D eigenvalue weighted by Gasteiger charge is -2.03. The van der Waals surface area contributed by atoms with Crippen molar-refractivity contribution in [2.24, 2.45) is 7.05 Å². The van der Waals surface area contributed by atoms with Gasteiger partial charge in [-0.3, -0.25) is 4.68 Å². The van der Waals surface area contributed by atoms with E-state index in [9.17, 15) is 0 Å². The van der Waals surface area contributed by atoms with Gasteiger partial charge in [0.1, 0.15) is 0 Å². The minimum absolute atomic E-state index is 0.435. The summed E-state index contributed by atoms with van der Waals surface area (Å²) in [7, 11) is 1.92. The van der Waals surface area contributed by atoms with Gasteiger partial charge in [0.05, 0.1) is 11.7 Å². The lowest BCUT2D eigenvalue weighted by Crippen LogP contribution is -2.08. The highest BCUT2D eigenvalue weighted by Crippen LogP contribution is 2.17. The topological polar surface area (TPSA) is 55.6 Å². The Kier molecular flexibility index (Phi) is 3.17. The highest BCUT2D eigenvalue weighted by molar-refractivity contribution is 6.99. The molecule has 80 valence electrons. The van der Waals surface area contributed by atoms with E-state index in [4.69, 9.17) is 11.6 Å². The van der Waals surface area contributed by atoms with Gasteiger partial charge in [-0.1, -0.05) is 11.6 Å². The molecule has 0 bridgehead atoms. The van der Waals surface area contributed by atoms with E-state index in [1.807, 2.05) is 17.8 Å². The molecule has 0 radical (unpaired) electrons. The van der Waals surface area contributed by atoms with Crippen LogP contribution in [0.3, 0.4) is 0 Å². The minimum Gasteiger partial charge on any atom is -0.366 e. The normalized spacial score (nSPS) is 10.5. The summed E-state index contributed by atoms with van der Waals surface area (Å²) in [5, 5.41) is 7.64. The fourth-order valence-corrected chi connectivity index (χ4v) is 1.92. The molecular formula is C8H10ClN5S. The van der Waals surface area contributed by atoms with E-state index >= 15 is 0 Å². The fraction of sp³-hybridized carbons (Fsp3) is 0.375. The summed E-state index contributed by atoms with van der Waals surface area (Å²) in [4.78, 5) is 0. The summed E-state index contributed by atoms with van der Waals surface area (Å²) < 4.78 is 9.74. The number of aromatic nitrogens is 4. The maximum absolute atomic E-state index is 5.79. The molecule has 1 N–H and O–H groups in total. The van der Waals surface area contributed by atoms with Crippen molar-refractivity contribution in [1.82, 2.24) is 18.5 Å². The van der Waals surface area contributed by atoms with Crippen molar-refractivity contribution in [3.63, 3.8) is 0 Å². The first-order valence-electron chi connectivity index (χ1n) is 4.46. The predicted octanol–water partition coefficient (Wildman–Crippen LogP) is 1.58. The second-order valence-corrected chi connectivity index (χ2v) is 3.91. The van der Waals surface area contributed by atoms with Crippen LogP contribution < -0.4 is 5.32 Å². The first-order valence-corrected chi connectivity index (χ1v) is 5.57. The van der Waals surface area contributed by atoms with Crippen LogP contribution in [0.15, 0.2) is 12.3 Å². The molecule has 0 aliphatic carbocycles. The smallest absolute Gasteiger partial charge is 0.186 e. The first-order chi connectivity index (χ1) is 7.27. The molecule has 2 aromatic heterocycles. The molecule has 0 fully saturated rings. The van der Waals surface area contributed by atoms with E-state index in [2.05, 4.69) is 19.2 Å². The Balaban J connectivity index is 1.86. The van der Waals surface area contributed by atoms with Gasteiger partial charge in [0, 0.05) is 31.9 Å². The molecule has 0 amide bonds. The molecule has 5 nitrogen and oxygen atoms in total. The van der Waals surface area contributed by atoms with Crippen LogP contribution in [0, 0.1) is 0 Å². The molecule has 0 saturated carbocycles. The summed E-state index contributed by atoms with van der Waals surface area (Å²) in [5.74, 6) is 0.656. The van der Waals surface area contributed by atoms with Gasteiger partial charge in [-0.25, -0.2) is 0 Å². The number of hydrogen-bond donors (Lipinski definition) is 1. The Hall–Kier alpha value is -1.14. The van der Waals surface area contributed by atoms with Crippen molar-refractivity contribution in [3.8, 4) is 0 Å². The largest absolute Gasteiger partial charge is 0.366 e. The molecule has 0 aliphatic rings. The van der Waals surface area contributed by atoms with Crippen LogP contribution >= 0.6 is 23.3 Å². The van der Waals surface area contributed by atoms with Crippen molar-refractivity contribution < 1.29 is 0 Å². The van der Waals surface area contributed by atoms with Crippen LogP contribution in [-0.2, 0) is 13.5 Å². The lowest BCUT2D eigenvalue weighted by molar-refractivity contribution is 0.711. The van der Waals surface area contributed by atoms with Crippen LogP contribution in [-0.4, -0.2) is 25.1 Å². The van der Waals surface area contributed by atoms with Gasteiger partial charge in [0.15, 0.2) is 11.0 Å². The summed E-state index contributed by atoms with van der Waals surface area (Å²) in [6, 6.07) is 1.99. The van der Waals surface area contributed by atoms with Crippen LogP contribution in [0.25, 0.3) is 0 Å². The second kappa shape index (κ2) is 4.59. The average molecular weight is 244 g/mol. The molecule has 15 heavy (non-hydrogen) atoms. The zero-order valence-electron chi connectivity index (χ0n) is 8.14. The van der Waals surface area contributed by atoms with Gasteiger partial charge in [0.2, 0.25) is 0 Å². The summed E-state index contributed by atoms with van der Waals surface area (Å²) in [6.07, 6.45) is 2.66. The molecule has 0 unspecified atom stereocenters. The van der Waals surface area contributed by atoms with Crippen molar-refractivity contribution in [2.45, 2.75) is 6.42 Å². The highest BCUT2D eigenvalue weighted by atomic mass is 35.5.